The van der Waals surface area contributed by atoms with Crippen LogP contribution in [0.4, 0.5) is 0 Å². The molecule has 3 aromatic heterocycles. The molecule has 0 saturated heterocycles. The molecule has 3 heterocycles. The van der Waals surface area contributed by atoms with Crippen LogP contribution in [0.5, 0.6) is 0 Å². The number of imidazole rings is 1. The van der Waals surface area contributed by atoms with Gasteiger partial charge in [0.25, 0.3) is 0 Å². The smallest absolute Gasteiger partial charge is 0.308 e. The van der Waals surface area contributed by atoms with Gasteiger partial charge in [0.1, 0.15) is 11.3 Å². The number of pyridine rings is 1. The standard InChI is InChI=1S/C29H27N5O2/c1-4-26-32-27-17(2)13-18(3)30-28(27)34(26)16-19-9-12-23-21(14-19)11-10-20-7-5-6-8-22(20)24(23)15-25-31-29(35)36-33-25/h5-9,12-15H,4,10-11,16H2,1-3H3,(H,31,33,35)/b24-15-. The van der Waals surface area contributed by atoms with Gasteiger partial charge in [-0.05, 0) is 77.8 Å². The Bertz CT molecular complexity index is 1700. The van der Waals surface area contributed by atoms with E-state index in [1.165, 1.54) is 16.7 Å². The van der Waals surface area contributed by atoms with E-state index in [9.17, 15) is 4.79 Å². The SMILES string of the molecule is CCc1nc2c(C)cc(C)nc2n1Cc1ccc2c(c1)CCc1ccccc1/C2=C/c1noc(=O)[nH]1. The molecular weight excluding hydrogens is 450 g/mol. The third-order valence-corrected chi connectivity index (χ3v) is 6.93. The number of aromatic nitrogens is 5. The number of hydrogen-bond donors (Lipinski definition) is 1. The Morgan fingerprint density at radius 1 is 1.03 bits per heavy atom. The molecule has 0 spiro atoms. The van der Waals surface area contributed by atoms with Crippen LogP contribution in [0.3, 0.4) is 0 Å². The fourth-order valence-corrected chi connectivity index (χ4v) is 5.29. The molecule has 7 heteroatoms. The van der Waals surface area contributed by atoms with Gasteiger partial charge in [0.15, 0.2) is 11.5 Å². The van der Waals surface area contributed by atoms with Gasteiger partial charge in [-0.3, -0.25) is 9.51 Å². The summed E-state index contributed by atoms with van der Waals surface area (Å²) >= 11 is 0. The van der Waals surface area contributed by atoms with E-state index in [1.807, 2.05) is 19.1 Å². The van der Waals surface area contributed by atoms with Gasteiger partial charge in [0, 0.05) is 12.1 Å². The minimum Gasteiger partial charge on any atom is -0.308 e. The fraction of sp³-hybridized carbons (Fsp3) is 0.241. The zero-order valence-electron chi connectivity index (χ0n) is 20.6. The second-order valence-corrected chi connectivity index (χ2v) is 9.41. The second kappa shape index (κ2) is 8.75. The lowest BCUT2D eigenvalue weighted by molar-refractivity contribution is 0.385. The lowest BCUT2D eigenvalue weighted by atomic mass is 9.92. The third-order valence-electron chi connectivity index (χ3n) is 6.93. The number of hydrogen-bond acceptors (Lipinski definition) is 5. The maximum atomic E-state index is 11.5. The molecule has 2 aromatic carbocycles. The summed E-state index contributed by atoms with van der Waals surface area (Å²) in [5.74, 6) is 0.901. The lowest BCUT2D eigenvalue weighted by Crippen LogP contribution is -2.07. The monoisotopic (exact) mass is 477 g/mol. The molecule has 0 radical (unpaired) electrons. The van der Waals surface area contributed by atoms with Gasteiger partial charge in [-0.15, -0.1) is 0 Å². The Morgan fingerprint density at radius 3 is 2.64 bits per heavy atom. The number of aromatic amines is 1. The molecule has 180 valence electrons. The van der Waals surface area contributed by atoms with E-state index in [0.29, 0.717) is 12.4 Å². The van der Waals surface area contributed by atoms with E-state index in [1.54, 1.807) is 0 Å². The normalized spacial score (nSPS) is 14.1. The summed E-state index contributed by atoms with van der Waals surface area (Å²) in [6.07, 6.45) is 4.61. The molecule has 1 aliphatic carbocycles. The molecule has 0 aliphatic heterocycles. The van der Waals surface area contributed by atoms with E-state index in [2.05, 4.69) is 71.0 Å². The maximum absolute atomic E-state index is 11.5. The Morgan fingerprint density at radius 2 is 1.83 bits per heavy atom. The number of fused-ring (bicyclic) bond motifs is 3. The zero-order chi connectivity index (χ0) is 24.8. The molecule has 1 aliphatic rings. The van der Waals surface area contributed by atoms with E-state index in [0.717, 1.165) is 64.2 Å². The molecule has 0 bridgehead atoms. The summed E-state index contributed by atoms with van der Waals surface area (Å²) < 4.78 is 6.99. The Labute approximate surface area is 208 Å². The van der Waals surface area contributed by atoms with Crippen LogP contribution in [-0.4, -0.2) is 24.7 Å². The number of nitrogens with zero attached hydrogens (tertiary/aromatic N) is 4. The Hall–Kier alpha value is -4.26. The first-order chi connectivity index (χ1) is 17.5. The number of H-pyrrole nitrogens is 1. The number of nitrogens with one attached hydrogen (secondary N) is 1. The van der Waals surface area contributed by atoms with Crippen LogP contribution in [-0.2, 0) is 25.8 Å². The number of benzene rings is 2. The van der Waals surface area contributed by atoms with Crippen molar-refractivity contribution in [3.8, 4) is 0 Å². The average Bonchev–Trinajstić information content (AvgIpc) is 3.40. The topological polar surface area (TPSA) is 89.6 Å². The summed E-state index contributed by atoms with van der Waals surface area (Å²) in [5, 5.41) is 3.88. The molecule has 6 rings (SSSR count). The first-order valence-corrected chi connectivity index (χ1v) is 12.3. The predicted molar refractivity (Wildman–Crippen MR) is 140 cm³/mol. The summed E-state index contributed by atoms with van der Waals surface area (Å²) in [4.78, 5) is 23.9. The van der Waals surface area contributed by atoms with Gasteiger partial charge in [-0.25, -0.2) is 14.8 Å². The molecule has 0 atom stereocenters. The van der Waals surface area contributed by atoms with Crippen molar-refractivity contribution in [2.75, 3.05) is 0 Å². The summed E-state index contributed by atoms with van der Waals surface area (Å²) in [6.45, 7) is 6.99. The van der Waals surface area contributed by atoms with Crippen LogP contribution in [0.1, 0.15) is 57.6 Å². The molecule has 0 amide bonds. The van der Waals surface area contributed by atoms with Crippen LogP contribution in [0, 0.1) is 13.8 Å². The van der Waals surface area contributed by atoms with Crippen molar-refractivity contribution in [3.63, 3.8) is 0 Å². The quantitative estimate of drug-likeness (QED) is 0.392. The van der Waals surface area contributed by atoms with E-state index >= 15 is 0 Å². The van der Waals surface area contributed by atoms with Crippen LogP contribution in [0.15, 0.2) is 57.8 Å². The van der Waals surface area contributed by atoms with Gasteiger partial charge in [-0.1, -0.05) is 54.5 Å². The molecule has 0 saturated carbocycles. The van der Waals surface area contributed by atoms with Crippen molar-refractivity contribution >= 4 is 22.8 Å². The number of rotatable bonds is 4. The van der Waals surface area contributed by atoms with Crippen LogP contribution in [0.2, 0.25) is 0 Å². The highest BCUT2D eigenvalue weighted by molar-refractivity contribution is 5.93. The van der Waals surface area contributed by atoms with Crippen LogP contribution in [0.25, 0.3) is 22.8 Å². The van der Waals surface area contributed by atoms with Crippen LogP contribution < -0.4 is 5.76 Å². The van der Waals surface area contributed by atoms with Crippen molar-refractivity contribution in [1.29, 1.82) is 0 Å². The van der Waals surface area contributed by atoms with Crippen molar-refractivity contribution in [1.82, 2.24) is 24.7 Å². The highest BCUT2D eigenvalue weighted by atomic mass is 16.5. The summed E-state index contributed by atoms with van der Waals surface area (Å²) in [6, 6.07) is 17.2. The van der Waals surface area contributed by atoms with E-state index in [-0.39, 0.29) is 0 Å². The summed E-state index contributed by atoms with van der Waals surface area (Å²) in [7, 11) is 0. The largest absolute Gasteiger partial charge is 0.439 e. The lowest BCUT2D eigenvalue weighted by Gasteiger charge is -2.14. The average molecular weight is 478 g/mol. The van der Waals surface area contributed by atoms with Gasteiger partial charge >= 0.3 is 5.76 Å². The fourth-order valence-electron chi connectivity index (χ4n) is 5.29. The highest BCUT2D eigenvalue weighted by Crippen LogP contribution is 2.35. The third kappa shape index (κ3) is 3.86. The van der Waals surface area contributed by atoms with E-state index in [4.69, 9.17) is 14.5 Å². The molecule has 5 aromatic rings. The Kier molecular flexibility index (Phi) is 5.40. The molecule has 1 N–H and O–H groups in total. The van der Waals surface area contributed by atoms with Gasteiger partial charge < -0.3 is 4.57 Å². The summed E-state index contributed by atoms with van der Waals surface area (Å²) in [5.41, 5.74) is 11.2. The van der Waals surface area contributed by atoms with Crippen molar-refractivity contribution < 1.29 is 4.52 Å². The molecule has 0 unspecified atom stereocenters. The van der Waals surface area contributed by atoms with Crippen LogP contribution >= 0.6 is 0 Å². The molecular formula is C29H27N5O2. The highest BCUT2D eigenvalue weighted by Gasteiger charge is 2.20. The van der Waals surface area contributed by atoms with Gasteiger partial charge in [0.2, 0.25) is 0 Å². The van der Waals surface area contributed by atoms with Crippen molar-refractivity contribution in [2.24, 2.45) is 0 Å². The molecule has 36 heavy (non-hydrogen) atoms. The van der Waals surface area contributed by atoms with Crippen molar-refractivity contribution in [3.05, 3.63) is 110 Å². The van der Waals surface area contributed by atoms with Gasteiger partial charge in [-0.2, -0.15) is 0 Å². The first kappa shape index (κ1) is 22.2. The number of aryl methyl sites for hydroxylation is 5. The minimum absolute atomic E-state index is 0.413. The molecule has 7 nitrogen and oxygen atoms in total. The maximum Gasteiger partial charge on any atom is 0.439 e. The van der Waals surface area contributed by atoms with Gasteiger partial charge in [0.05, 0.1) is 6.54 Å². The first-order valence-electron chi connectivity index (χ1n) is 12.3. The molecule has 0 fully saturated rings. The minimum atomic E-state index is -0.558. The van der Waals surface area contributed by atoms with E-state index < -0.39 is 5.76 Å². The van der Waals surface area contributed by atoms with Crippen molar-refractivity contribution in [2.45, 2.75) is 46.6 Å². The predicted octanol–water partition coefficient (Wildman–Crippen LogP) is 5.02. The second-order valence-electron chi connectivity index (χ2n) is 9.41. The Balaban J connectivity index is 1.46. The zero-order valence-corrected chi connectivity index (χ0v) is 20.6.